The Morgan fingerprint density at radius 2 is 2.31 bits per heavy atom. The van der Waals surface area contributed by atoms with E-state index in [1.165, 1.54) is 0 Å². The number of aliphatic hydroxyl groups excluding tert-OH is 1. The van der Waals surface area contributed by atoms with E-state index in [4.69, 9.17) is 6.42 Å². The number of aliphatic hydroxyl groups is 1. The minimum Gasteiger partial charge on any atom is -0.387 e. The van der Waals surface area contributed by atoms with Crippen molar-refractivity contribution < 1.29 is 5.11 Å². The highest BCUT2D eigenvalue weighted by atomic mass is 127. The first-order valence-electron chi connectivity index (χ1n) is 3.71. The van der Waals surface area contributed by atoms with Crippen molar-refractivity contribution in [1.29, 1.82) is 0 Å². The van der Waals surface area contributed by atoms with E-state index >= 15 is 0 Å². The van der Waals surface area contributed by atoms with Crippen LogP contribution in [0.5, 0.6) is 0 Å². The molecule has 0 heterocycles. The van der Waals surface area contributed by atoms with Crippen molar-refractivity contribution in [2.45, 2.75) is 12.5 Å². The Labute approximate surface area is 99.8 Å². The third kappa shape index (κ3) is 2.97. The van der Waals surface area contributed by atoms with E-state index in [0.717, 1.165) is 13.6 Å². The standard InChI is InChI=1S/C10H8BrIO/c1-2-3-10(13)8-6-7(12)4-5-9(8)11/h1,4-6,10,13H,3H2. The lowest BCUT2D eigenvalue weighted by Crippen LogP contribution is -1.97. The van der Waals surface area contributed by atoms with Crippen LogP contribution in [0.2, 0.25) is 0 Å². The zero-order valence-corrected chi connectivity index (χ0v) is 10.5. The molecule has 0 amide bonds. The van der Waals surface area contributed by atoms with Crippen LogP contribution in [0.1, 0.15) is 18.1 Å². The van der Waals surface area contributed by atoms with Crippen molar-refractivity contribution in [3.63, 3.8) is 0 Å². The second kappa shape index (κ2) is 4.99. The van der Waals surface area contributed by atoms with Crippen LogP contribution < -0.4 is 0 Å². The van der Waals surface area contributed by atoms with Gasteiger partial charge in [-0.3, -0.25) is 0 Å². The quantitative estimate of drug-likeness (QED) is 0.642. The van der Waals surface area contributed by atoms with Gasteiger partial charge in [0.05, 0.1) is 6.10 Å². The molecule has 0 aliphatic heterocycles. The van der Waals surface area contributed by atoms with Gasteiger partial charge in [0.2, 0.25) is 0 Å². The fourth-order valence-electron chi connectivity index (χ4n) is 0.992. The van der Waals surface area contributed by atoms with Crippen LogP contribution in [-0.2, 0) is 0 Å². The molecule has 1 nitrogen and oxygen atoms in total. The van der Waals surface area contributed by atoms with Gasteiger partial charge < -0.3 is 5.11 Å². The number of benzene rings is 1. The van der Waals surface area contributed by atoms with Crippen molar-refractivity contribution in [3.8, 4) is 12.3 Å². The lowest BCUT2D eigenvalue weighted by Gasteiger charge is -2.09. The molecule has 1 N–H and O–H groups in total. The second-order valence-corrected chi connectivity index (χ2v) is 4.69. The Morgan fingerprint density at radius 1 is 1.62 bits per heavy atom. The first-order chi connectivity index (χ1) is 6.15. The molecule has 13 heavy (non-hydrogen) atoms. The molecule has 0 saturated carbocycles. The molecule has 0 radical (unpaired) electrons. The number of hydrogen-bond donors (Lipinski definition) is 1. The molecule has 1 unspecified atom stereocenters. The summed E-state index contributed by atoms with van der Waals surface area (Å²) < 4.78 is 1.99. The van der Waals surface area contributed by atoms with Gasteiger partial charge in [0.25, 0.3) is 0 Å². The molecule has 0 saturated heterocycles. The Morgan fingerprint density at radius 3 is 2.92 bits per heavy atom. The Kier molecular flexibility index (Phi) is 4.23. The summed E-state index contributed by atoms with van der Waals surface area (Å²) in [5.74, 6) is 2.44. The van der Waals surface area contributed by atoms with Crippen molar-refractivity contribution in [1.82, 2.24) is 0 Å². The minimum absolute atomic E-state index is 0.346. The summed E-state index contributed by atoms with van der Waals surface area (Å²) in [7, 11) is 0. The largest absolute Gasteiger partial charge is 0.387 e. The number of hydrogen-bond acceptors (Lipinski definition) is 1. The summed E-state index contributed by atoms with van der Waals surface area (Å²) in [6.07, 6.45) is 4.90. The number of terminal acetylenes is 1. The molecule has 1 aromatic carbocycles. The Balaban J connectivity index is 3.00. The summed E-state index contributed by atoms with van der Waals surface area (Å²) >= 11 is 5.57. The average Bonchev–Trinajstić information content (AvgIpc) is 2.09. The third-order valence-corrected chi connectivity index (χ3v) is 3.02. The van der Waals surface area contributed by atoms with Crippen molar-refractivity contribution in [2.75, 3.05) is 0 Å². The highest BCUT2D eigenvalue weighted by Gasteiger charge is 2.09. The maximum atomic E-state index is 9.65. The van der Waals surface area contributed by atoms with Gasteiger partial charge in [-0.2, -0.15) is 0 Å². The second-order valence-electron chi connectivity index (χ2n) is 2.59. The summed E-state index contributed by atoms with van der Waals surface area (Å²) in [5.41, 5.74) is 0.852. The Hall–Kier alpha value is -0.0500. The van der Waals surface area contributed by atoms with Gasteiger partial charge in [0.1, 0.15) is 0 Å². The molecule has 0 fully saturated rings. The predicted octanol–water partition coefficient (Wildman–Crippen LogP) is 3.11. The van der Waals surface area contributed by atoms with Crippen molar-refractivity contribution in [2.24, 2.45) is 0 Å². The summed E-state index contributed by atoms with van der Waals surface area (Å²) in [4.78, 5) is 0. The molecule has 1 aromatic rings. The topological polar surface area (TPSA) is 20.2 Å². The molecule has 1 rings (SSSR count). The summed E-state index contributed by atoms with van der Waals surface area (Å²) in [6.45, 7) is 0. The highest BCUT2D eigenvalue weighted by Crippen LogP contribution is 2.26. The fourth-order valence-corrected chi connectivity index (χ4v) is 2.02. The number of rotatable bonds is 2. The van der Waals surface area contributed by atoms with Gasteiger partial charge >= 0.3 is 0 Å². The van der Waals surface area contributed by atoms with E-state index in [1.54, 1.807) is 0 Å². The minimum atomic E-state index is -0.575. The monoisotopic (exact) mass is 350 g/mol. The van der Waals surface area contributed by atoms with Crippen LogP contribution in [0.4, 0.5) is 0 Å². The van der Waals surface area contributed by atoms with Crippen LogP contribution in [-0.4, -0.2) is 5.11 Å². The third-order valence-electron chi connectivity index (χ3n) is 1.63. The molecule has 1 atom stereocenters. The van der Waals surface area contributed by atoms with Gasteiger partial charge in [-0.25, -0.2) is 0 Å². The first kappa shape index (κ1) is 11.0. The Bertz CT molecular complexity index is 343. The molecule has 0 spiro atoms. The van der Waals surface area contributed by atoms with Crippen molar-refractivity contribution in [3.05, 3.63) is 31.8 Å². The molecular formula is C10H8BrIO. The van der Waals surface area contributed by atoms with Gasteiger partial charge in [0, 0.05) is 14.5 Å². The highest BCUT2D eigenvalue weighted by molar-refractivity contribution is 14.1. The molecular weight excluding hydrogens is 343 g/mol. The average molecular weight is 351 g/mol. The maximum absolute atomic E-state index is 9.65. The van der Waals surface area contributed by atoms with E-state index in [0.29, 0.717) is 6.42 Å². The molecule has 68 valence electrons. The van der Waals surface area contributed by atoms with Crippen LogP contribution in [0, 0.1) is 15.9 Å². The predicted molar refractivity (Wildman–Crippen MR) is 65.3 cm³/mol. The van der Waals surface area contributed by atoms with Gasteiger partial charge in [0.15, 0.2) is 0 Å². The SMILES string of the molecule is C#CCC(O)c1cc(I)ccc1Br. The molecule has 0 aliphatic rings. The van der Waals surface area contributed by atoms with Crippen LogP contribution >= 0.6 is 38.5 Å². The van der Waals surface area contributed by atoms with Crippen LogP contribution in [0.15, 0.2) is 22.7 Å². The van der Waals surface area contributed by atoms with Crippen molar-refractivity contribution >= 4 is 38.5 Å². The maximum Gasteiger partial charge on any atom is 0.0910 e. The summed E-state index contributed by atoms with van der Waals surface area (Å²) in [5, 5.41) is 9.65. The lowest BCUT2D eigenvalue weighted by molar-refractivity contribution is 0.183. The van der Waals surface area contributed by atoms with Gasteiger partial charge in [-0.15, -0.1) is 12.3 Å². The summed E-state index contributed by atoms with van der Waals surface area (Å²) in [6, 6.07) is 5.81. The normalized spacial score (nSPS) is 12.2. The van der Waals surface area contributed by atoms with E-state index in [2.05, 4.69) is 44.4 Å². The molecule has 0 aliphatic carbocycles. The smallest absolute Gasteiger partial charge is 0.0910 e. The van der Waals surface area contributed by atoms with E-state index < -0.39 is 6.10 Å². The van der Waals surface area contributed by atoms with E-state index in [9.17, 15) is 5.11 Å². The van der Waals surface area contributed by atoms with Gasteiger partial charge in [-0.1, -0.05) is 15.9 Å². The molecule has 0 bridgehead atoms. The first-order valence-corrected chi connectivity index (χ1v) is 5.59. The van der Waals surface area contributed by atoms with E-state index in [-0.39, 0.29) is 0 Å². The van der Waals surface area contributed by atoms with Crippen LogP contribution in [0.25, 0.3) is 0 Å². The zero-order valence-electron chi connectivity index (χ0n) is 6.80. The fraction of sp³-hybridized carbons (Fsp3) is 0.200. The zero-order chi connectivity index (χ0) is 9.84. The number of halogens is 2. The lowest BCUT2D eigenvalue weighted by atomic mass is 10.1. The van der Waals surface area contributed by atoms with Gasteiger partial charge in [-0.05, 0) is 46.4 Å². The van der Waals surface area contributed by atoms with Crippen LogP contribution in [0.3, 0.4) is 0 Å². The molecule has 3 heteroatoms. The van der Waals surface area contributed by atoms with E-state index in [1.807, 2.05) is 18.2 Å². The molecule has 0 aromatic heterocycles.